The number of hydrogen-bond donors (Lipinski definition) is 2. The molecule has 27 heavy (non-hydrogen) atoms. The van der Waals surface area contributed by atoms with Crippen LogP contribution in [0.15, 0.2) is 30.3 Å². The zero-order chi connectivity index (χ0) is 19.8. The van der Waals surface area contributed by atoms with Crippen molar-refractivity contribution in [2.24, 2.45) is 0 Å². The summed E-state index contributed by atoms with van der Waals surface area (Å²) in [7, 11) is 0. The summed E-state index contributed by atoms with van der Waals surface area (Å²) >= 11 is 0. The average molecular weight is 386 g/mol. The Hall–Kier alpha value is -2.55. The number of amides is 1. The van der Waals surface area contributed by atoms with Gasteiger partial charge in [0.25, 0.3) is 0 Å². The van der Waals surface area contributed by atoms with Crippen molar-refractivity contribution in [1.29, 1.82) is 0 Å². The Morgan fingerprint density at radius 3 is 2.63 bits per heavy atom. The van der Waals surface area contributed by atoms with Gasteiger partial charge >= 0.3 is 6.18 Å². The van der Waals surface area contributed by atoms with E-state index in [1.165, 1.54) is 6.07 Å². The normalized spacial score (nSPS) is 19.5. The highest BCUT2D eigenvalue weighted by atomic mass is 19.4. The van der Waals surface area contributed by atoms with E-state index in [9.17, 15) is 31.9 Å². The molecule has 1 aromatic heterocycles. The highest BCUT2D eigenvalue weighted by Crippen LogP contribution is 2.37. The predicted octanol–water partition coefficient (Wildman–Crippen LogP) is 3.61. The van der Waals surface area contributed by atoms with Crippen molar-refractivity contribution >= 4 is 5.91 Å². The van der Waals surface area contributed by atoms with Gasteiger partial charge in [-0.05, 0) is 42.2 Å². The maximum Gasteiger partial charge on any atom is 0.416 e. The van der Waals surface area contributed by atoms with E-state index in [-0.39, 0.29) is 24.1 Å². The molecule has 2 N–H and O–H groups in total. The van der Waals surface area contributed by atoms with E-state index in [4.69, 9.17) is 0 Å². The maximum absolute atomic E-state index is 13.3. The molecule has 1 aliphatic rings. The number of alkyl halides is 3. The minimum absolute atomic E-state index is 0.0548. The summed E-state index contributed by atoms with van der Waals surface area (Å²) in [4.78, 5) is 16.1. The number of carbonyl (C=O) groups is 1. The van der Waals surface area contributed by atoms with Crippen LogP contribution in [-0.2, 0) is 17.5 Å². The quantitative estimate of drug-likeness (QED) is 0.626. The molecule has 1 aromatic carbocycles. The van der Waals surface area contributed by atoms with Gasteiger partial charge in [0, 0.05) is 6.54 Å². The topological polar surface area (TPSA) is 62.2 Å². The molecule has 0 aliphatic heterocycles. The number of fused-ring (bicyclic) bond motifs is 1. The van der Waals surface area contributed by atoms with E-state index in [0.29, 0.717) is 11.6 Å². The summed E-state index contributed by atoms with van der Waals surface area (Å²) in [6.45, 7) is -0.447. The fourth-order valence-electron chi connectivity index (χ4n) is 3.18. The predicted molar refractivity (Wildman–Crippen MR) is 84.4 cm³/mol. The number of aromatic nitrogens is 1. The molecule has 3 rings (SSSR count). The number of rotatable bonds is 3. The molecule has 0 spiro atoms. The minimum atomic E-state index is -4.76. The summed E-state index contributed by atoms with van der Waals surface area (Å²) in [5.41, 5.74) is -1.04. The molecule has 0 saturated carbocycles. The van der Waals surface area contributed by atoms with Gasteiger partial charge in [0.1, 0.15) is 5.82 Å². The van der Waals surface area contributed by atoms with Crippen molar-refractivity contribution in [2.75, 3.05) is 0 Å². The smallest absolute Gasteiger partial charge is 0.387 e. The lowest BCUT2D eigenvalue weighted by Gasteiger charge is -2.27. The van der Waals surface area contributed by atoms with Crippen LogP contribution in [-0.4, -0.2) is 16.0 Å². The Balaban J connectivity index is 1.79. The molecule has 1 heterocycles. The van der Waals surface area contributed by atoms with E-state index < -0.39 is 48.0 Å². The first-order valence-electron chi connectivity index (χ1n) is 8.14. The summed E-state index contributed by atoms with van der Waals surface area (Å²) < 4.78 is 65.6. The Morgan fingerprint density at radius 2 is 1.93 bits per heavy atom. The van der Waals surface area contributed by atoms with Crippen molar-refractivity contribution in [3.63, 3.8) is 0 Å². The molecule has 0 saturated heterocycles. The second kappa shape index (κ2) is 7.22. The lowest BCUT2D eigenvalue weighted by molar-refractivity contribution is -0.138. The summed E-state index contributed by atoms with van der Waals surface area (Å²) in [6.07, 6.45) is -5.35. The Bertz CT molecular complexity index is 869. The summed E-state index contributed by atoms with van der Waals surface area (Å²) in [6, 6.07) is 4.62. The highest BCUT2D eigenvalue weighted by Gasteiger charge is 2.35. The van der Waals surface area contributed by atoms with E-state index in [2.05, 4.69) is 10.3 Å². The van der Waals surface area contributed by atoms with Crippen LogP contribution in [0.2, 0.25) is 0 Å². The average Bonchev–Trinajstić information content (AvgIpc) is 2.60. The zero-order valence-corrected chi connectivity index (χ0v) is 13.9. The molecule has 0 radical (unpaired) electrons. The monoisotopic (exact) mass is 386 g/mol. The summed E-state index contributed by atoms with van der Waals surface area (Å²) in [5.74, 6) is -3.17. The van der Waals surface area contributed by atoms with E-state index >= 15 is 0 Å². The third-order valence-corrected chi connectivity index (χ3v) is 4.49. The van der Waals surface area contributed by atoms with Crippen LogP contribution in [0.5, 0.6) is 0 Å². The van der Waals surface area contributed by atoms with Crippen molar-refractivity contribution in [2.45, 2.75) is 37.6 Å². The van der Waals surface area contributed by atoms with Crippen molar-refractivity contribution < 1.29 is 31.9 Å². The first-order valence-corrected chi connectivity index (χ1v) is 8.14. The van der Waals surface area contributed by atoms with Crippen molar-refractivity contribution in [1.82, 2.24) is 10.3 Å². The number of pyridine rings is 1. The number of halogens is 5. The van der Waals surface area contributed by atoms with Crippen LogP contribution in [0.25, 0.3) is 0 Å². The van der Waals surface area contributed by atoms with Crippen LogP contribution >= 0.6 is 0 Å². The second-order valence-electron chi connectivity index (χ2n) is 6.27. The molecular formula is C18H15F5N2O2. The third-order valence-electron chi connectivity index (χ3n) is 4.49. The Morgan fingerprint density at radius 1 is 1.19 bits per heavy atom. The molecule has 144 valence electrons. The second-order valence-corrected chi connectivity index (χ2v) is 6.27. The maximum atomic E-state index is 13.3. The fourth-order valence-corrected chi connectivity index (χ4v) is 3.18. The van der Waals surface area contributed by atoms with Gasteiger partial charge in [-0.15, -0.1) is 0 Å². The number of benzene rings is 1. The van der Waals surface area contributed by atoms with Gasteiger partial charge in [-0.1, -0.05) is 12.1 Å². The SMILES string of the molecule is O=C(NCc1ccc(F)cc1C(F)(F)F)[C@H]1CC[C@H](O)c2nc(F)ccc21. The molecule has 1 aliphatic carbocycles. The van der Waals surface area contributed by atoms with E-state index in [0.717, 1.165) is 18.2 Å². The first-order chi connectivity index (χ1) is 12.7. The molecule has 0 bridgehead atoms. The van der Waals surface area contributed by atoms with Crippen LogP contribution in [0, 0.1) is 11.8 Å². The molecule has 2 atom stereocenters. The van der Waals surface area contributed by atoms with E-state index in [1.807, 2.05) is 0 Å². The lowest BCUT2D eigenvalue weighted by atomic mass is 9.83. The Kier molecular flexibility index (Phi) is 5.14. The Labute approximate surface area is 151 Å². The molecular weight excluding hydrogens is 371 g/mol. The number of aliphatic hydroxyl groups is 1. The van der Waals surface area contributed by atoms with Gasteiger partial charge in [0.15, 0.2) is 0 Å². The molecule has 2 aromatic rings. The molecule has 4 nitrogen and oxygen atoms in total. The number of hydrogen-bond acceptors (Lipinski definition) is 3. The largest absolute Gasteiger partial charge is 0.416 e. The van der Waals surface area contributed by atoms with Gasteiger partial charge in [-0.25, -0.2) is 9.37 Å². The number of nitrogens with zero attached hydrogens (tertiary/aromatic N) is 1. The van der Waals surface area contributed by atoms with Gasteiger partial charge in [0.2, 0.25) is 11.9 Å². The van der Waals surface area contributed by atoms with Gasteiger partial charge in [-0.2, -0.15) is 17.6 Å². The van der Waals surface area contributed by atoms with Crippen LogP contribution in [0.3, 0.4) is 0 Å². The molecule has 0 fully saturated rings. The first kappa shape index (κ1) is 19.2. The molecule has 1 amide bonds. The number of carbonyl (C=O) groups excluding carboxylic acids is 1. The summed E-state index contributed by atoms with van der Waals surface area (Å²) in [5, 5.41) is 12.3. The standard InChI is InChI=1S/C18H15F5N2O2/c19-10-2-1-9(13(7-10)18(21,22)23)8-24-17(27)12-3-5-14(26)16-11(12)4-6-15(20)25-16/h1-2,4,6-7,12,14,26H,3,5,8H2,(H,24,27)/t12-,14-/m0/s1. The van der Waals surface area contributed by atoms with Crippen LogP contribution < -0.4 is 5.32 Å². The van der Waals surface area contributed by atoms with Gasteiger partial charge in [-0.3, -0.25) is 4.79 Å². The van der Waals surface area contributed by atoms with Crippen molar-refractivity contribution in [3.05, 3.63) is 64.5 Å². The zero-order valence-electron chi connectivity index (χ0n) is 13.9. The van der Waals surface area contributed by atoms with E-state index in [1.54, 1.807) is 0 Å². The van der Waals surface area contributed by atoms with Crippen molar-refractivity contribution in [3.8, 4) is 0 Å². The highest BCUT2D eigenvalue weighted by molar-refractivity contribution is 5.84. The van der Waals surface area contributed by atoms with Gasteiger partial charge in [0.05, 0.1) is 23.3 Å². The number of nitrogens with one attached hydrogen (secondary N) is 1. The van der Waals surface area contributed by atoms with Gasteiger partial charge < -0.3 is 10.4 Å². The lowest BCUT2D eigenvalue weighted by Crippen LogP contribution is -2.33. The molecule has 9 heteroatoms. The van der Waals surface area contributed by atoms with Crippen LogP contribution in [0.1, 0.15) is 47.2 Å². The number of aliphatic hydroxyl groups excluding tert-OH is 1. The third kappa shape index (κ3) is 4.08. The molecule has 0 unspecified atom stereocenters. The fraction of sp³-hybridized carbons (Fsp3) is 0.333. The van der Waals surface area contributed by atoms with Crippen LogP contribution in [0.4, 0.5) is 22.0 Å². The minimum Gasteiger partial charge on any atom is -0.387 e.